The molecule has 0 fully saturated rings. The van der Waals surface area contributed by atoms with E-state index in [4.69, 9.17) is 17.3 Å². The van der Waals surface area contributed by atoms with Crippen LogP contribution in [0.3, 0.4) is 0 Å². The van der Waals surface area contributed by atoms with Crippen molar-refractivity contribution in [2.24, 2.45) is 0 Å². The van der Waals surface area contributed by atoms with Crippen LogP contribution in [-0.4, -0.2) is 22.6 Å². The van der Waals surface area contributed by atoms with E-state index in [-0.39, 0.29) is 0 Å². The molecule has 0 aliphatic carbocycles. The summed E-state index contributed by atoms with van der Waals surface area (Å²) in [6.07, 6.45) is 0. The molecule has 0 aliphatic rings. The third-order valence-electron chi connectivity index (χ3n) is 2.59. The predicted octanol–water partition coefficient (Wildman–Crippen LogP) is 2.40. The Labute approximate surface area is 133 Å². The van der Waals surface area contributed by atoms with Crippen molar-refractivity contribution in [2.75, 3.05) is 14.2 Å². The molecule has 0 aliphatic heterocycles. The highest BCUT2D eigenvalue weighted by Gasteiger charge is 2.12. The molecule has 22 heavy (non-hydrogen) atoms. The van der Waals surface area contributed by atoms with Crippen LogP contribution in [0.15, 0.2) is 53.4 Å². The number of methoxy groups -OCH3 is 2. The van der Waals surface area contributed by atoms with Crippen molar-refractivity contribution in [2.45, 2.75) is 4.90 Å². The van der Waals surface area contributed by atoms with Crippen LogP contribution in [0.4, 0.5) is 0 Å². The lowest BCUT2D eigenvalue weighted by Gasteiger charge is -2.06. The van der Waals surface area contributed by atoms with Gasteiger partial charge in [-0.05, 0) is 48.5 Å². The van der Waals surface area contributed by atoms with E-state index in [1.807, 2.05) is 0 Å². The molecule has 6 nitrogen and oxygen atoms in total. The normalized spacial score (nSPS) is 13.2. The Morgan fingerprint density at radius 1 is 0.727 bits per heavy atom. The van der Waals surface area contributed by atoms with E-state index in [1.54, 1.807) is 48.5 Å². The molecule has 0 N–H and O–H groups in total. The van der Waals surface area contributed by atoms with Gasteiger partial charge in [0.2, 0.25) is 11.1 Å². The fraction of sp³-hybridized carbons (Fsp3) is 0.143. The lowest BCUT2D eigenvalue weighted by atomic mass is 10.3. The topological polar surface area (TPSA) is 71.1 Å². The van der Waals surface area contributed by atoms with E-state index in [9.17, 15) is 8.42 Å². The van der Waals surface area contributed by atoms with Gasteiger partial charge in [-0.15, -0.1) is 0 Å². The Bertz CT molecular complexity index is 654. The van der Waals surface area contributed by atoms with Gasteiger partial charge in [-0.2, -0.15) is 7.84 Å². The van der Waals surface area contributed by atoms with Gasteiger partial charge >= 0.3 is 11.4 Å². The molecule has 2 atom stereocenters. The summed E-state index contributed by atoms with van der Waals surface area (Å²) in [6.45, 7) is 0. The second-order valence-corrected chi connectivity index (χ2v) is 6.00. The van der Waals surface area contributed by atoms with Crippen molar-refractivity contribution < 1.29 is 25.7 Å². The van der Waals surface area contributed by atoms with Crippen molar-refractivity contribution in [3.63, 3.8) is 0 Å². The molecule has 118 valence electrons. The van der Waals surface area contributed by atoms with E-state index in [2.05, 4.69) is 0 Å². The zero-order valence-electron chi connectivity index (χ0n) is 11.9. The lowest BCUT2D eigenvalue weighted by Crippen LogP contribution is -2.07. The SMILES string of the molecule is COc1ccc(OS(=O)OS(=O)c2ccc(OC)cc2)cc1. The highest BCUT2D eigenvalue weighted by Crippen LogP contribution is 2.19. The third-order valence-corrected chi connectivity index (χ3v) is 4.52. The van der Waals surface area contributed by atoms with Gasteiger partial charge in [0.25, 0.3) is 0 Å². The molecule has 0 saturated heterocycles. The van der Waals surface area contributed by atoms with E-state index in [0.717, 1.165) is 0 Å². The second-order valence-electron chi connectivity index (χ2n) is 3.94. The maximum Gasteiger partial charge on any atom is 0.374 e. The molecule has 0 bridgehead atoms. The molecular weight excluding hydrogens is 328 g/mol. The average Bonchev–Trinajstić information content (AvgIpc) is 2.55. The van der Waals surface area contributed by atoms with E-state index >= 15 is 0 Å². The fourth-order valence-corrected chi connectivity index (χ4v) is 2.96. The summed E-state index contributed by atoms with van der Waals surface area (Å²) in [6, 6.07) is 12.8. The van der Waals surface area contributed by atoms with Crippen molar-refractivity contribution >= 4 is 22.4 Å². The van der Waals surface area contributed by atoms with Crippen molar-refractivity contribution in [1.82, 2.24) is 0 Å². The molecule has 0 radical (unpaired) electrons. The van der Waals surface area contributed by atoms with Gasteiger partial charge in [-0.3, -0.25) is 0 Å². The highest BCUT2D eigenvalue weighted by atomic mass is 32.3. The van der Waals surface area contributed by atoms with Crippen LogP contribution < -0.4 is 13.7 Å². The first-order chi connectivity index (χ1) is 10.6. The maximum absolute atomic E-state index is 11.9. The number of benzene rings is 2. The molecule has 0 heterocycles. The predicted molar refractivity (Wildman–Crippen MR) is 82.3 cm³/mol. The molecule has 2 aromatic carbocycles. The van der Waals surface area contributed by atoms with Crippen molar-refractivity contribution in [3.05, 3.63) is 48.5 Å². The first-order valence-electron chi connectivity index (χ1n) is 6.11. The zero-order valence-corrected chi connectivity index (χ0v) is 13.5. The minimum absolute atomic E-state index is 0.311. The summed E-state index contributed by atoms with van der Waals surface area (Å²) in [5, 5.41) is 0. The van der Waals surface area contributed by atoms with Gasteiger partial charge in [0, 0.05) is 0 Å². The van der Waals surface area contributed by atoms with E-state index in [0.29, 0.717) is 22.1 Å². The van der Waals surface area contributed by atoms with Crippen LogP contribution in [0.2, 0.25) is 0 Å². The van der Waals surface area contributed by atoms with Crippen molar-refractivity contribution in [3.8, 4) is 17.2 Å². The average molecular weight is 342 g/mol. The third kappa shape index (κ3) is 4.55. The number of rotatable bonds is 7. The molecule has 2 aromatic rings. The smallest absolute Gasteiger partial charge is 0.374 e. The molecule has 0 saturated carbocycles. The van der Waals surface area contributed by atoms with Crippen LogP contribution >= 0.6 is 0 Å². The van der Waals surface area contributed by atoms with Crippen LogP contribution in [0.1, 0.15) is 0 Å². The van der Waals surface area contributed by atoms with Crippen LogP contribution in [0.5, 0.6) is 17.2 Å². The summed E-state index contributed by atoms with van der Waals surface area (Å²) in [5.74, 6) is 1.57. The summed E-state index contributed by atoms with van der Waals surface area (Å²) < 4.78 is 43.4. The van der Waals surface area contributed by atoms with Crippen LogP contribution in [-0.2, 0) is 26.1 Å². The Morgan fingerprint density at radius 2 is 1.18 bits per heavy atom. The molecule has 8 heteroatoms. The monoisotopic (exact) mass is 342 g/mol. The standard InChI is InChI=1S/C14H14O6S2/c1-17-11-3-5-13(6-4-11)19-22(16)20-21(15)14-9-7-12(18-2)8-10-14/h3-10H,1-2H3. The Hall–Kier alpha value is -1.90. The molecule has 2 unspecified atom stereocenters. The van der Waals surface area contributed by atoms with Gasteiger partial charge < -0.3 is 13.7 Å². The van der Waals surface area contributed by atoms with Crippen LogP contribution in [0, 0.1) is 0 Å². The van der Waals surface area contributed by atoms with E-state index in [1.165, 1.54) is 14.2 Å². The highest BCUT2D eigenvalue weighted by molar-refractivity contribution is 7.91. The zero-order chi connectivity index (χ0) is 15.9. The van der Waals surface area contributed by atoms with Gasteiger partial charge in [-0.25, -0.2) is 4.21 Å². The maximum atomic E-state index is 11.9. The summed E-state index contributed by atoms with van der Waals surface area (Å²) in [7, 11) is 3.06. The Morgan fingerprint density at radius 3 is 1.68 bits per heavy atom. The summed E-state index contributed by atoms with van der Waals surface area (Å²) in [5.41, 5.74) is 0. The largest absolute Gasteiger partial charge is 0.497 e. The minimum atomic E-state index is -2.19. The molecule has 0 amide bonds. The van der Waals surface area contributed by atoms with Gasteiger partial charge in [0.1, 0.15) is 17.2 Å². The van der Waals surface area contributed by atoms with Crippen molar-refractivity contribution in [1.29, 1.82) is 0 Å². The Balaban J connectivity index is 1.93. The molecule has 0 spiro atoms. The number of hydrogen-bond acceptors (Lipinski definition) is 6. The van der Waals surface area contributed by atoms with Gasteiger partial charge in [0.15, 0.2) is 0 Å². The number of hydrogen-bond donors (Lipinski definition) is 0. The fourth-order valence-electron chi connectivity index (χ4n) is 1.50. The Kier molecular flexibility index (Phi) is 5.93. The minimum Gasteiger partial charge on any atom is -0.497 e. The second kappa shape index (κ2) is 7.92. The summed E-state index contributed by atoms with van der Waals surface area (Å²) >= 11 is -4.10. The van der Waals surface area contributed by atoms with Gasteiger partial charge in [0.05, 0.1) is 19.1 Å². The first-order valence-corrected chi connectivity index (χ1v) is 8.18. The molecular formula is C14H14O6S2. The van der Waals surface area contributed by atoms with E-state index < -0.39 is 22.4 Å². The van der Waals surface area contributed by atoms with Crippen LogP contribution in [0.25, 0.3) is 0 Å². The first kappa shape index (κ1) is 16.5. The quantitative estimate of drug-likeness (QED) is 0.769. The number of ether oxygens (including phenoxy) is 2. The molecule has 0 aromatic heterocycles. The lowest BCUT2D eigenvalue weighted by molar-refractivity contribution is 0.413. The molecule has 2 rings (SSSR count). The van der Waals surface area contributed by atoms with Gasteiger partial charge in [-0.1, -0.05) is 0 Å². The summed E-state index contributed by atoms with van der Waals surface area (Å²) in [4.78, 5) is 0.354.